The van der Waals surface area contributed by atoms with Crippen molar-refractivity contribution in [3.63, 3.8) is 0 Å². The lowest BCUT2D eigenvalue weighted by Crippen LogP contribution is -1.96. The third kappa shape index (κ3) is 1.54. The molecule has 1 aliphatic carbocycles. The van der Waals surface area contributed by atoms with E-state index in [2.05, 4.69) is 48.0 Å². The van der Waals surface area contributed by atoms with Crippen LogP contribution in [0, 0.1) is 6.92 Å². The van der Waals surface area contributed by atoms with Crippen LogP contribution in [0.1, 0.15) is 35.6 Å². The monoisotopic (exact) mass is 250 g/mol. The van der Waals surface area contributed by atoms with Crippen molar-refractivity contribution in [1.82, 2.24) is 0 Å². The van der Waals surface area contributed by atoms with Gasteiger partial charge in [0.2, 0.25) is 0 Å². The molecule has 0 heterocycles. The maximum absolute atomic E-state index is 3.74. The van der Waals surface area contributed by atoms with Crippen LogP contribution in [0.5, 0.6) is 0 Å². The number of hydrogen-bond acceptors (Lipinski definition) is 0. The zero-order valence-corrected chi connectivity index (χ0v) is 10.3. The van der Waals surface area contributed by atoms with E-state index in [0.29, 0.717) is 0 Å². The lowest BCUT2D eigenvalue weighted by molar-refractivity contribution is 0.903. The number of halogens is 1. The first-order valence-corrected chi connectivity index (χ1v) is 6.00. The molecular weight excluding hydrogens is 236 g/mol. The zero-order chi connectivity index (χ0) is 10.1. The molecule has 2 rings (SSSR count). The van der Waals surface area contributed by atoms with Crippen LogP contribution >= 0.6 is 15.9 Å². The van der Waals surface area contributed by atoms with Crippen molar-refractivity contribution in [2.75, 3.05) is 0 Å². The second-order valence-electron chi connectivity index (χ2n) is 3.91. The van der Waals surface area contributed by atoms with Crippen LogP contribution in [0.2, 0.25) is 0 Å². The SMILES string of the molecule is CCCc1c(C)cc2c(c1Br)CC=C2. The summed E-state index contributed by atoms with van der Waals surface area (Å²) in [6.07, 6.45) is 7.95. The fourth-order valence-corrected chi connectivity index (χ4v) is 3.01. The Morgan fingerprint density at radius 3 is 2.93 bits per heavy atom. The van der Waals surface area contributed by atoms with Crippen molar-refractivity contribution in [3.8, 4) is 0 Å². The van der Waals surface area contributed by atoms with E-state index in [1.165, 1.54) is 39.6 Å². The number of fused-ring (bicyclic) bond motifs is 1. The summed E-state index contributed by atoms with van der Waals surface area (Å²) in [6.45, 7) is 4.44. The zero-order valence-electron chi connectivity index (χ0n) is 8.73. The summed E-state index contributed by atoms with van der Waals surface area (Å²) in [5.74, 6) is 0. The van der Waals surface area contributed by atoms with E-state index >= 15 is 0 Å². The Morgan fingerprint density at radius 1 is 1.43 bits per heavy atom. The lowest BCUT2D eigenvalue weighted by atomic mass is 9.98. The number of rotatable bonds is 2. The van der Waals surface area contributed by atoms with Gasteiger partial charge in [-0.05, 0) is 42.0 Å². The number of hydrogen-bond donors (Lipinski definition) is 0. The van der Waals surface area contributed by atoms with E-state index in [-0.39, 0.29) is 0 Å². The molecule has 0 aromatic heterocycles. The summed E-state index contributed by atoms with van der Waals surface area (Å²) in [4.78, 5) is 0. The van der Waals surface area contributed by atoms with Crippen LogP contribution in [0.4, 0.5) is 0 Å². The van der Waals surface area contributed by atoms with Crippen LogP contribution in [-0.2, 0) is 12.8 Å². The van der Waals surface area contributed by atoms with E-state index in [0.717, 1.165) is 6.42 Å². The molecule has 0 nitrogen and oxygen atoms in total. The number of allylic oxidation sites excluding steroid dienone is 1. The predicted octanol–water partition coefficient (Wildman–Crippen LogP) is 4.28. The Labute approximate surface area is 94.2 Å². The van der Waals surface area contributed by atoms with Gasteiger partial charge in [0.05, 0.1) is 0 Å². The minimum atomic E-state index is 1.09. The van der Waals surface area contributed by atoms with Crippen molar-refractivity contribution in [1.29, 1.82) is 0 Å². The Bertz CT molecular complexity index is 389. The van der Waals surface area contributed by atoms with Gasteiger partial charge in [0.1, 0.15) is 0 Å². The van der Waals surface area contributed by atoms with Crippen LogP contribution in [-0.4, -0.2) is 0 Å². The molecule has 0 bridgehead atoms. The topological polar surface area (TPSA) is 0 Å². The molecule has 1 aromatic rings. The summed E-state index contributed by atoms with van der Waals surface area (Å²) < 4.78 is 1.35. The van der Waals surface area contributed by atoms with E-state index in [9.17, 15) is 0 Å². The molecular formula is C13H15Br. The first-order chi connectivity index (χ1) is 6.74. The van der Waals surface area contributed by atoms with Gasteiger partial charge in [-0.1, -0.05) is 47.5 Å². The Hall–Kier alpha value is -0.560. The molecule has 1 heteroatoms. The standard InChI is InChI=1S/C13H15Br/c1-3-5-11-9(2)8-10-6-4-7-12(10)13(11)14/h4,6,8H,3,5,7H2,1-2H3. The van der Waals surface area contributed by atoms with Gasteiger partial charge in [-0.3, -0.25) is 0 Å². The van der Waals surface area contributed by atoms with Gasteiger partial charge >= 0.3 is 0 Å². The summed E-state index contributed by atoms with van der Waals surface area (Å²) in [6, 6.07) is 2.31. The number of aryl methyl sites for hydroxylation is 1. The highest BCUT2D eigenvalue weighted by Gasteiger charge is 2.14. The molecule has 0 saturated heterocycles. The fourth-order valence-electron chi connectivity index (χ4n) is 2.11. The second-order valence-corrected chi connectivity index (χ2v) is 4.70. The minimum absolute atomic E-state index is 1.09. The van der Waals surface area contributed by atoms with Gasteiger partial charge in [0, 0.05) is 4.47 Å². The van der Waals surface area contributed by atoms with Gasteiger partial charge in [-0.25, -0.2) is 0 Å². The maximum atomic E-state index is 3.74. The van der Waals surface area contributed by atoms with Crippen LogP contribution in [0.25, 0.3) is 6.08 Å². The van der Waals surface area contributed by atoms with E-state index in [1.54, 1.807) is 0 Å². The predicted molar refractivity (Wildman–Crippen MR) is 65.6 cm³/mol. The van der Waals surface area contributed by atoms with Crippen molar-refractivity contribution in [3.05, 3.63) is 38.9 Å². The number of benzene rings is 1. The van der Waals surface area contributed by atoms with Crippen molar-refractivity contribution in [2.24, 2.45) is 0 Å². The van der Waals surface area contributed by atoms with Crippen molar-refractivity contribution >= 4 is 22.0 Å². The van der Waals surface area contributed by atoms with Gasteiger partial charge in [-0.15, -0.1) is 0 Å². The summed E-state index contributed by atoms with van der Waals surface area (Å²) >= 11 is 3.74. The third-order valence-corrected chi connectivity index (χ3v) is 3.80. The highest BCUT2D eigenvalue weighted by molar-refractivity contribution is 9.10. The first kappa shape index (κ1) is 9.97. The van der Waals surface area contributed by atoms with Crippen LogP contribution < -0.4 is 0 Å². The summed E-state index contributed by atoms with van der Waals surface area (Å²) in [7, 11) is 0. The van der Waals surface area contributed by atoms with E-state index in [1.807, 2.05) is 0 Å². The Kier molecular flexibility index (Phi) is 2.78. The molecule has 1 aromatic carbocycles. The molecule has 0 unspecified atom stereocenters. The summed E-state index contributed by atoms with van der Waals surface area (Å²) in [5.41, 5.74) is 5.78. The molecule has 0 aliphatic heterocycles. The molecule has 14 heavy (non-hydrogen) atoms. The normalized spacial score (nSPS) is 13.4. The molecule has 0 amide bonds. The molecule has 0 fully saturated rings. The van der Waals surface area contributed by atoms with Gasteiger partial charge in [0.25, 0.3) is 0 Å². The molecule has 0 atom stereocenters. The smallest absolute Gasteiger partial charge is 0.0251 e. The lowest BCUT2D eigenvalue weighted by Gasteiger charge is -2.12. The summed E-state index contributed by atoms with van der Waals surface area (Å²) in [5, 5.41) is 0. The minimum Gasteiger partial charge on any atom is -0.0795 e. The largest absolute Gasteiger partial charge is 0.0795 e. The highest BCUT2D eigenvalue weighted by atomic mass is 79.9. The van der Waals surface area contributed by atoms with Crippen molar-refractivity contribution in [2.45, 2.75) is 33.1 Å². The van der Waals surface area contributed by atoms with E-state index < -0.39 is 0 Å². The first-order valence-electron chi connectivity index (χ1n) is 5.21. The molecule has 0 N–H and O–H groups in total. The Balaban J connectivity index is 2.54. The highest BCUT2D eigenvalue weighted by Crippen LogP contribution is 2.33. The quantitative estimate of drug-likeness (QED) is 0.735. The maximum Gasteiger partial charge on any atom is 0.0251 e. The molecule has 0 spiro atoms. The van der Waals surface area contributed by atoms with Gasteiger partial charge in [0.15, 0.2) is 0 Å². The Morgan fingerprint density at radius 2 is 2.21 bits per heavy atom. The van der Waals surface area contributed by atoms with Gasteiger partial charge in [-0.2, -0.15) is 0 Å². The average molecular weight is 251 g/mol. The molecule has 74 valence electrons. The second kappa shape index (κ2) is 3.90. The van der Waals surface area contributed by atoms with Crippen LogP contribution in [0.3, 0.4) is 0 Å². The van der Waals surface area contributed by atoms with Crippen LogP contribution in [0.15, 0.2) is 16.6 Å². The molecule has 0 radical (unpaired) electrons. The van der Waals surface area contributed by atoms with E-state index in [4.69, 9.17) is 0 Å². The third-order valence-electron chi connectivity index (χ3n) is 2.85. The molecule has 1 aliphatic rings. The van der Waals surface area contributed by atoms with Gasteiger partial charge < -0.3 is 0 Å². The fraction of sp³-hybridized carbons (Fsp3) is 0.385. The van der Waals surface area contributed by atoms with Crippen molar-refractivity contribution < 1.29 is 0 Å². The molecule has 0 saturated carbocycles. The average Bonchev–Trinajstić information content (AvgIpc) is 2.60.